The van der Waals surface area contributed by atoms with Crippen molar-refractivity contribution in [2.24, 2.45) is 5.92 Å². The van der Waals surface area contributed by atoms with Crippen molar-refractivity contribution in [3.63, 3.8) is 0 Å². The smallest absolute Gasteiger partial charge is 0.0410 e. The SMILES string of the molecule is CC(C)CSc1ccc(Cl)cc1CNC(C)C. The highest BCUT2D eigenvalue weighted by Crippen LogP contribution is 2.27. The van der Waals surface area contributed by atoms with Gasteiger partial charge in [-0.2, -0.15) is 0 Å². The molecule has 1 aromatic rings. The Hall–Kier alpha value is -0.180. The van der Waals surface area contributed by atoms with Crippen LogP contribution in [-0.2, 0) is 6.54 Å². The number of nitrogens with one attached hydrogen (secondary N) is 1. The first-order chi connectivity index (χ1) is 7.99. The molecule has 0 radical (unpaired) electrons. The van der Waals surface area contributed by atoms with Gasteiger partial charge in [-0.25, -0.2) is 0 Å². The van der Waals surface area contributed by atoms with Crippen LogP contribution in [0.1, 0.15) is 33.3 Å². The molecule has 0 aromatic heterocycles. The summed E-state index contributed by atoms with van der Waals surface area (Å²) in [6.07, 6.45) is 0. The Bertz CT molecular complexity index is 350. The van der Waals surface area contributed by atoms with Crippen molar-refractivity contribution in [2.45, 2.75) is 45.2 Å². The molecular formula is C14H22ClNS. The molecule has 1 aromatic carbocycles. The number of rotatable bonds is 6. The highest BCUT2D eigenvalue weighted by atomic mass is 35.5. The molecule has 0 saturated carbocycles. The van der Waals surface area contributed by atoms with Gasteiger partial charge in [0.1, 0.15) is 0 Å². The second-order valence-electron chi connectivity index (χ2n) is 4.99. The second-order valence-corrected chi connectivity index (χ2v) is 6.49. The molecule has 3 heteroatoms. The lowest BCUT2D eigenvalue weighted by Crippen LogP contribution is -2.22. The lowest BCUT2D eigenvalue weighted by Gasteiger charge is -2.13. The van der Waals surface area contributed by atoms with Crippen LogP contribution in [0.2, 0.25) is 5.02 Å². The number of thioether (sulfide) groups is 1. The van der Waals surface area contributed by atoms with E-state index >= 15 is 0 Å². The number of benzene rings is 1. The van der Waals surface area contributed by atoms with Crippen LogP contribution >= 0.6 is 23.4 Å². The zero-order valence-electron chi connectivity index (χ0n) is 11.1. The van der Waals surface area contributed by atoms with Crippen molar-refractivity contribution in [2.75, 3.05) is 5.75 Å². The van der Waals surface area contributed by atoms with Gasteiger partial charge in [0.2, 0.25) is 0 Å². The fraction of sp³-hybridized carbons (Fsp3) is 0.571. The molecule has 0 aliphatic rings. The number of hydrogen-bond acceptors (Lipinski definition) is 2. The first-order valence-electron chi connectivity index (χ1n) is 6.13. The molecule has 0 aliphatic heterocycles. The lowest BCUT2D eigenvalue weighted by atomic mass is 10.2. The van der Waals surface area contributed by atoms with E-state index in [1.807, 2.05) is 17.8 Å². The standard InChI is InChI=1S/C14H22ClNS/c1-10(2)9-17-14-6-5-13(15)7-12(14)8-16-11(3)4/h5-7,10-11,16H,8-9H2,1-4H3. The molecule has 1 rings (SSSR count). The Kier molecular flexibility index (Phi) is 6.39. The highest BCUT2D eigenvalue weighted by molar-refractivity contribution is 7.99. The largest absolute Gasteiger partial charge is 0.310 e. The van der Waals surface area contributed by atoms with E-state index in [2.05, 4.69) is 45.1 Å². The molecule has 0 bridgehead atoms. The molecule has 17 heavy (non-hydrogen) atoms. The Balaban J connectivity index is 2.72. The van der Waals surface area contributed by atoms with Crippen LogP contribution < -0.4 is 5.32 Å². The van der Waals surface area contributed by atoms with E-state index in [1.54, 1.807) is 0 Å². The van der Waals surface area contributed by atoms with E-state index in [9.17, 15) is 0 Å². The van der Waals surface area contributed by atoms with Crippen LogP contribution in [0.25, 0.3) is 0 Å². The molecule has 0 fully saturated rings. The van der Waals surface area contributed by atoms with E-state index in [1.165, 1.54) is 10.5 Å². The Morgan fingerprint density at radius 2 is 1.94 bits per heavy atom. The first-order valence-corrected chi connectivity index (χ1v) is 7.50. The van der Waals surface area contributed by atoms with Crippen molar-refractivity contribution >= 4 is 23.4 Å². The second kappa shape index (κ2) is 7.30. The normalized spacial score (nSPS) is 11.5. The van der Waals surface area contributed by atoms with Crippen molar-refractivity contribution in [1.82, 2.24) is 5.32 Å². The lowest BCUT2D eigenvalue weighted by molar-refractivity contribution is 0.584. The topological polar surface area (TPSA) is 12.0 Å². The summed E-state index contributed by atoms with van der Waals surface area (Å²) in [6.45, 7) is 9.69. The molecule has 0 spiro atoms. The summed E-state index contributed by atoms with van der Waals surface area (Å²) in [4.78, 5) is 1.34. The van der Waals surface area contributed by atoms with Gasteiger partial charge in [0.25, 0.3) is 0 Å². The van der Waals surface area contributed by atoms with E-state index in [0.29, 0.717) is 12.0 Å². The fourth-order valence-electron chi connectivity index (χ4n) is 1.40. The van der Waals surface area contributed by atoms with Gasteiger partial charge >= 0.3 is 0 Å². The van der Waals surface area contributed by atoms with Crippen LogP contribution in [-0.4, -0.2) is 11.8 Å². The first kappa shape index (κ1) is 14.9. The van der Waals surface area contributed by atoms with Gasteiger partial charge in [-0.1, -0.05) is 39.3 Å². The minimum atomic E-state index is 0.497. The predicted octanol–water partition coefficient (Wildman–Crippen LogP) is 4.59. The predicted molar refractivity (Wildman–Crippen MR) is 79.0 cm³/mol. The van der Waals surface area contributed by atoms with Crippen LogP contribution in [0.3, 0.4) is 0 Å². The third kappa shape index (κ3) is 5.80. The van der Waals surface area contributed by atoms with E-state index in [0.717, 1.165) is 17.3 Å². The molecule has 0 amide bonds. The van der Waals surface area contributed by atoms with Crippen molar-refractivity contribution in [3.05, 3.63) is 28.8 Å². The summed E-state index contributed by atoms with van der Waals surface area (Å²) < 4.78 is 0. The van der Waals surface area contributed by atoms with E-state index in [-0.39, 0.29) is 0 Å². The molecule has 0 unspecified atom stereocenters. The number of halogens is 1. The van der Waals surface area contributed by atoms with Crippen molar-refractivity contribution in [1.29, 1.82) is 0 Å². The van der Waals surface area contributed by atoms with Gasteiger partial charge < -0.3 is 5.32 Å². The summed E-state index contributed by atoms with van der Waals surface area (Å²) in [5.41, 5.74) is 1.30. The minimum Gasteiger partial charge on any atom is -0.310 e. The maximum atomic E-state index is 6.06. The molecule has 0 atom stereocenters. The molecule has 0 aliphatic carbocycles. The van der Waals surface area contributed by atoms with Crippen LogP contribution in [0.4, 0.5) is 0 Å². The van der Waals surface area contributed by atoms with Crippen molar-refractivity contribution < 1.29 is 0 Å². The van der Waals surface area contributed by atoms with E-state index in [4.69, 9.17) is 11.6 Å². The maximum absolute atomic E-state index is 6.06. The third-order valence-corrected chi connectivity index (χ3v) is 4.07. The molecule has 96 valence electrons. The zero-order valence-corrected chi connectivity index (χ0v) is 12.7. The van der Waals surface area contributed by atoms with Gasteiger partial charge in [-0.05, 0) is 29.7 Å². The average molecular weight is 272 g/mol. The van der Waals surface area contributed by atoms with Gasteiger partial charge in [0.05, 0.1) is 0 Å². The van der Waals surface area contributed by atoms with Gasteiger partial charge in [0, 0.05) is 28.3 Å². The highest BCUT2D eigenvalue weighted by Gasteiger charge is 2.06. The molecule has 1 N–H and O–H groups in total. The Morgan fingerprint density at radius 1 is 1.24 bits per heavy atom. The molecular weight excluding hydrogens is 250 g/mol. The van der Waals surface area contributed by atoms with Gasteiger partial charge in [0.15, 0.2) is 0 Å². The van der Waals surface area contributed by atoms with Crippen LogP contribution in [0.5, 0.6) is 0 Å². The van der Waals surface area contributed by atoms with Crippen LogP contribution in [0.15, 0.2) is 23.1 Å². The Labute approximate surface area is 114 Å². The molecule has 1 nitrogen and oxygen atoms in total. The Morgan fingerprint density at radius 3 is 2.53 bits per heavy atom. The van der Waals surface area contributed by atoms with Crippen LogP contribution in [0, 0.1) is 5.92 Å². The summed E-state index contributed by atoms with van der Waals surface area (Å²) in [5, 5.41) is 4.26. The summed E-state index contributed by atoms with van der Waals surface area (Å²) in [5.74, 6) is 1.86. The van der Waals surface area contributed by atoms with Gasteiger partial charge in [-0.15, -0.1) is 11.8 Å². The third-order valence-electron chi connectivity index (χ3n) is 2.30. The monoisotopic (exact) mass is 271 g/mol. The molecule has 0 heterocycles. The average Bonchev–Trinajstić information content (AvgIpc) is 2.24. The van der Waals surface area contributed by atoms with Crippen molar-refractivity contribution in [3.8, 4) is 0 Å². The fourth-order valence-corrected chi connectivity index (χ4v) is 2.59. The summed E-state index contributed by atoms with van der Waals surface area (Å²) in [7, 11) is 0. The molecule has 0 saturated heterocycles. The summed E-state index contributed by atoms with van der Waals surface area (Å²) >= 11 is 7.97. The van der Waals surface area contributed by atoms with Gasteiger partial charge in [-0.3, -0.25) is 0 Å². The number of hydrogen-bond donors (Lipinski definition) is 1. The zero-order chi connectivity index (χ0) is 12.8. The quantitative estimate of drug-likeness (QED) is 0.760. The summed E-state index contributed by atoms with van der Waals surface area (Å²) in [6, 6.07) is 6.67. The minimum absolute atomic E-state index is 0.497. The maximum Gasteiger partial charge on any atom is 0.0410 e. The van der Waals surface area contributed by atoms with E-state index < -0.39 is 0 Å².